The zero-order valence-corrected chi connectivity index (χ0v) is 10.3. The molecule has 0 radical (unpaired) electrons. The minimum atomic E-state index is 0.361. The van der Waals surface area contributed by atoms with Gasteiger partial charge in [0.25, 0.3) is 0 Å². The Morgan fingerprint density at radius 3 is 2.47 bits per heavy atom. The predicted molar refractivity (Wildman–Crippen MR) is 63.3 cm³/mol. The largest absolute Gasteiger partial charge is 0.378 e. The summed E-state index contributed by atoms with van der Waals surface area (Å²) in [6.07, 6.45) is 5.19. The summed E-state index contributed by atoms with van der Waals surface area (Å²) in [5.41, 5.74) is 2.99. The molecule has 3 atom stereocenters. The molecule has 1 fully saturated rings. The predicted octanol–water partition coefficient (Wildman–Crippen LogP) is 2.07. The van der Waals surface area contributed by atoms with E-state index in [4.69, 9.17) is 10.6 Å². The third kappa shape index (κ3) is 3.44. The smallest absolute Gasteiger partial charge is 0.0591 e. The summed E-state index contributed by atoms with van der Waals surface area (Å²) in [5, 5.41) is 0. The Labute approximate surface area is 93.7 Å². The molecule has 0 saturated carbocycles. The normalized spacial score (nSPS) is 28.6. The Hall–Kier alpha value is -0.120. The molecular formula is C12H26N2O. The molecule has 0 spiro atoms. The van der Waals surface area contributed by atoms with Gasteiger partial charge in [-0.1, -0.05) is 26.7 Å². The first-order valence-corrected chi connectivity index (χ1v) is 6.30. The summed E-state index contributed by atoms with van der Waals surface area (Å²) in [5.74, 6) is 7.05. The fourth-order valence-electron chi connectivity index (χ4n) is 2.62. The molecule has 3 nitrogen and oxygen atoms in total. The van der Waals surface area contributed by atoms with Crippen molar-refractivity contribution >= 4 is 0 Å². The lowest BCUT2D eigenvalue weighted by atomic mass is 9.85. The summed E-state index contributed by atoms with van der Waals surface area (Å²) >= 11 is 0. The van der Waals surface area contributed by atoms with Gasteiger partial charge in [0, 0.05) is 18.6 Å². The Bertz CT molecular complexity index is 171. The Kier molecular flexibility index (Phi) is 5.58. The molecule has 1 aliphatic heterocycles. The molecule has 0 aromatic rings. The van der Waals surface area contributed by atoms with Crippen LogP contribution in [0.15, 0.2) is 0 Å². The highest BCUT2D eigenvalue weighted by molar-refractivity contribution is 4.84. The van der Waals surface area contributed by atoms with E-state index in [0.29, 0.717) is 18.1 Å². The van der Waals surface area contributed by atoms with Crippen LogP contribution in [-0.4, -0.2) is 18.8 Å². The van der Waals surface area contributed by atoms with Gasteiger partial charge >= 0.3 is 0 Å². The van der Waals surface area contributed by atoms with Gasteiger partial charge in [-0.2, -0.15) is 0 Å². The van der Waals surface area contributed by atoms with Crippen molar-refractivity contribution in [3.05, 3.63) is 0 Å². The number of hydrazine groups is 1. The first-order chi connectivity index (χ1) is 7.22. The highest BCUT2D eigenvalue weighted by Crippen LogP contribution is 2.28. The standard InChI is InChI=1S/C12H26N2O/c1-4-10(5-2)8-12(14-13)11-6-7-15-9(11)3/h9-12,14H,4-8,13H2,1-3H3. The number of nitrogens with two attached hydrogens (primary N) is 1. The van der Waals surface area contributed by atoms with E-state index in [2.05, 4.69) is 26.2 Å². The van der Waals surface area contributed by atoms with E-state index in [1.807, 2.05) is 0 Å². The van der Waals surface area contributed by atoms with Crippen molar-refractivity contribution in [2.45, 2.75) is 58.6 Å². The zero-order chi connectivity index (χ0) is 11.3. The highest BCUT2D eigenvalue weighted by atomic mass is 16.5. The first-order valence-electron chi connectivity index (χ1n) is 6.30. The molecule has 3 heteroatoms. The van der Waals surface area contributed by atoms with Gasteiger partial charge < -0.3 is 4.74 Å². The quantitative estimate of drug-likeness (QED) is 0.525. The van der Waals surface area contributed by atoms with Crippen LogP contribution in [0.2, 0.25) is 0 Å². The molecule has 1 rings (SSSR count). The van der Waals surface area contributed by atoms with E-state index in [9.17, 15) is 0 Å². The van der Waals surface area contributed by atoms with Crippen molar-refractivity contribution in [1.29, 1.82) is 0 Å². The lowest BCUT2D eigenvalue weighted by Crippen LogP contribution is -2.44. The van der Waals surface area contributed by atoms with Gasteiger partial charge in [0.1, 0.15) is 0 Å². The molecule has 1 saturated heterocycles. The molecule has 0 aliphatic carbocycles. The summed E-state index contributed by atoms with van der Waals surface area (Å²) in [4.78, 5) is 0. The second-order valence-corrected chi connectivity index (χ2v) is 4.72. The van der Waals surface area contributed by atoms with Gasteiger partial charge in [-0.3, -0.25) is 11.3 Å². The van der Waals surface area contributed by atoms with Crippen molar-refractivity contribution in [2.24, 2.45) is 17.7 Å². The van der Waals surface area contributed by atoms with E-state index in [0.717, 1.165) is 18.9 Å². The average molecular weight is 214 g/mol. The van der Waals surface area contributed by atoms with Crippen LogP contribution in [0.5, 0.6) is 0 Å². The number of hydrogen-bond acceptors (Lipinski definition) is 3. The van der Waals surface area contributed by atoms with Crippen molar-refractivity contribution in [3.63, 3.8) is 0 Å². The molecule has 0 aromatic carbocycles. The minimum absolute atomic E-state index is 0.361. The van der Waals surface area contributed by atoms with E-state index in [-0.39, 0.29) is 0 Å². The SMILES string of the molecule is CCC(CC)CC(NN)C1CCOC1C. The van der Waals surface area contributed by atoms with Crippen LogP contribution >= 0.6 is 0 Å². The van der Waals surface area contributed by atoms with Gasteiger partial charge in [-0.05, 0) is 25.7 Å². The zero-order valence-electron chi connectivity index (χ0n) is 10.3. The molecule has 3 N–H and O–H groups in total. The van der Waals surface area contributed by atoms with E-state index in [1.54, 1.807) is 0 Å². The monoisotopic (exact) mass is 214 g/mol. The van der Waals surface area contributed by atoms with E-state index in [1.165, 1.54) is 19.3 Å². The highest BCUT2D eigenvalue weighted by Gasteiger charge is 2.32. The van der Waals surface area contributed by atoms with Crippen LogP contribution in [0, 0.1) is 11.8 Å². The molecule has 1 aliphatic rings. The average Bonchev–Trinajstić information content (AvgIpc) is 2.67. The fourth-order valence-corrected chi connectivity index (χ4v) is 2.62. The molecule has 3 unspecified atom stereocenters. The maximum atomic E-state index is 5.67. The second kappa shape index (κ2) is 6.46. The van der Waals surface area contributed by atoms with Gasteiger partial charge in [-0.15, -0.1) is 0 Å². The van der Waals surface area contributed by atoms with Crippen molar-refractivity contribution in [2.75, 3.05) is 6.61 Å². The number of nitrogens with one attached hydrogen (secondary N) is 1. The summed E-state index contributed by atoms with van der Waals surface area (Å²) in [6.45, 7) is 7.58. The number of hydrogen-bond donors (Lipinski definition) is 2. The van der Waals surface area contributed by atoms with Crippen LogP contribution in [0.25, 0.3) is 0 Å². The van der Waals surface area contributed by atoms with Crippen LogP contribution in [0.4, 0.5) is 0 Å². The van der Waals surface area contributed by atoms with Gasteiger partial charge in [0.15, 0.2) is 0 Å². The number of ether oxygens (including phenoxy) is 1. The van der Waals surface area contributed by atoms with Crippen LogP contribution in [0.1, 0.15) is 46.5 Å². The van der Waals surface area contributed by atoms with Gasteiger partial charge in [0.05, 0.1) is 6.10 Å². The summed E-state index contributed by atoms with van der Waals surface area (Å²) in [7, 11) is 0. The fraction of sp³-hybridized carbons (Fsp3) is 1.00. The summed E-state index contributed by atoms with van der Waals surface area (Å²) < 4.78 is 5.60. The van der Waals surface area contributed by atoms with Crippen LogP contribution in [-0.2, 0) is 4.74 Å². The molecule has 0 aromatic heterocycles. The molecule has 90 valence electrons. The third-order valence-corrected chi connectivity index (χ3v) is 3.91. The molecular weight excluding hydrogens is 188 g/mol. The topological polar surface area (TPSA) is 47.3 Å². The number of rotatable bonds is 6. The Morgan fingerprint density at radius 2 is 2.07 bits per heavy atom. The maximum Gasteiger partial charge on any atom is 0.0591 e. The molecule has 0 bridgehead atoms. The second-order valence-electron chi connectivity index (χ2n) is 4.72. The lowest BCUT2D eigenvalue weighted by molar-refractivity contribution is 0.0915. The van der Waals surface area contributed by atoms with E-state index < -0.39 is 0 Å². The van der Waals surface area contributed by atoms with Crippen molar-refractivity contribution < 1.29 is 4.74 Å². The minimum Gasteiger partial charge on any atom is -0.378 e. The summed E-state index contributed by atoms with van der Waals surface area (Å²) in [6, 6.07) is 0.424. The first kappa shape index (κ1) is 12.9. The molecule has 0 amide bonds. The Morgan fingerprint density at radius 1 is 1.40 bits per heavy atom. The van der Waals surface area contributed by atoms with E-state index >= 15 is 0 Å². The van der Waals surface area contributed by atoms with Gasteiger partial charge in [0.2, 0.25) is 0 Å². The van der Waals surface area contributed by atoms with Gasteiger partial charge in [-0.25, -0.2) is 0 Å². The van der Waals surface area contributed by atoms with Crippen LogP contribution < -0.4 is 11.3 Å². The van der Waals surface area contributed by atoms with Crippen LogP contribution in [0.3, 0.4) is 0 Å². The van der Waals surface area contributed by atoms with Crippen molar-refractivity contribution in [1.82, 2.24) is 5.43 Å². The van der Waals surface area contributed by atoms with Crippen molar-refractivity contribution in [3.8, 4) is 0 Å². The Balaban J connectivity index is 2.47. The third-order valence-electron chi connectivity index (χ3n) is 3.91. The lowest BCUT2D eigenvalue weighted by Gasteiger charge is -2.28. The maximum absolute atomic E-state index is 5.67. The molecule has 1 heterocycles. The molecule has 15 heavy (non-hydrogen) atoms.